The van der Waals surface area contributed by atoms with E-state index in [9.17, 15) is 18.8 Å². The first-order valence-corrected chi connectivity index (χ1v) is 16.3. The molecule has 0 N–H and O–H groups in total. The zero-order valence-corrected chi connectivity index (χ0v) is 28.1. The van der Waals surface area contributed by atoms with Crippen molar-refractivity contribution < 1.29 is 37.0 Å². The van der Waals surface area contributed by atoms with Gasteiger partial charge in [0.25, 0.3) is 5.91 Å². The summed E-state index contributed by atoms with van der Waals surface area (Å²) in [7, 11) is 0. The van der Waals surface area contributed by atoms with Crippen LogP contribution in [0.3, 0.4) is 0 Å². The Labute approximate surface area is 287 Å². The first-order valence-electron chi connectivity index (χ1n) is 16.3. The van der Waals surface area contributed by atoms with Crippen molar-refractivity contribution >= 4 is 18.0 Å². The zero-order valence-electron chi connectivity index (χ0n) is 28.1. The number of halogens is 3. The van der Waals surface area contributed by atoms with Gasteiger partial charge in [0.05, 0.1) is 30.7 Å². The summed E-state index contributed by atoms with van der Waals surface area (Å²) in [5.74, 6) is -3.68. The van der Waals surface area contributed by atoms with E-state index in [0.29, 0.717) is 0 Å². The topological polar surface area (TPSA) is 107 Å². The molecule has 10 nitrogen and oxygen atoms in total. The van der Waals surface area contributed by atoms with Gasteiger partial charge in [-0.05, 0) is 34.7 Å². The normalized spacial score (nSPS) is 21.1. The molecule has 0 saturated carbocycles. The molecule has 1 aromatic heterocycles. The number of hydrogen-bond acceptors (Lipinski definition) is 7. The van der Waals surface area contributed by atoms with Crippen LogP contribution in [0.2, 0.25) is 0 Å². The monoisotopic (exact) mass is 689 g/mol. The second kappa shape index (κ2) is 14.0. The Bertz CT molecular complexity index is 1870. The molecule has 2 fully saturated rings. The predicted octanol–water partition coefficient (Wildman–Crippen LogP) is 6.11. The lowest BCUT2D eigenvalue weighted by molar-refractivity contribution is -0.173. The van der Waals surface area contributed by atoms with Gasteiger partial charge >= 0.3 is 12.1 Å². The standard InChI is InChI=1S/C37H38F3N5O5/c1-22(46)50-31-30-27(29(40)20-43(30)36(48)49-21-24-13-9-6-10-14-24)19-44(35(31)47)32(37(2,3)4)34-41-33(26-17-25(38)15-16-28(26)39)42-45(34)18-23-11-7-5-8-12-23/h5-17,27,29-32H,18-21H2,1-4H3/t27-,29-,30?,31-,32-/m0/s1. The van der Waals surface area contributed by atoms with Crippen LogP contribution in [0.1, 0.15) is 50.7 Å². The summed E-state index contributed by atoms with van der Waals surface area (Å²) in [6.07, 6.45) is -3.97. The highest BCUT2D eigenvalue weighted by atomic mass is 19.1. The van der Waals surface area contributed by atoms with Crippen LogP contribution in [0.15, 0.2) is 78.9 Å². The molecule has 0 spiro atoms. The smallest absolute Gasteiger partial charge is 0.410 e. The molecule has 2 aliphatic heterocycles. The van der Waals surface area contributed by atoms with E-state index in [1.807, 2.05) is 57.2 Å². The fraction of sp³-hybridized carbons (Fsp3) is 0.378. The van der Waals surface area contributed by atoms with Gasteiger partial charge in [-0.15, -0.1) is 0 Å². The van der Waals surface area contributed by atoms with Gasteiger partial charge in [0, 0.05) is 19.4 Å². The average Bonchev–Trinajstić information content (AvgIpc) is 3.63. The summed E-state index contributed by atoms with van der Waals surface area (Å²) in [6, 6.07) is 19.2. The Kier molecular flexibility index (Phi) is 9.68. The van der Waals surface area contributed by atoms with Crippen LogP contribution >= 0.6 is 0 Å². The van der Waals surface area contributed by atoms with E-state index < -0.39 is 65.3 Å². The summed E-state index contributed by atoms with van der Waals surface area (Å²) in [5, 5.41) is 4.59. The summed E-state index contributed by atoms with van der Waals surface area (Å²) in [4.78, 5) is 47.6. The predicted molar refractivity (Wildman–Crippen MR) is 176 cm³/mol. The third-order valence-electron chi connectivity index (χ3n) is 9.03. The highest BCUT2D eigenvalue weighted by Crippen LogP contribution is 2.44. The van der Waals surface area contributed by atoms with Crippen molar-refractivity contribution in [1.82, 2.24) is 24.6 Å². The van der Waals surface area contributed by atoms with Crippen molar-refractivity contribution in [3.05, 3.63) is 107 Å². The number of benzene rings is 3. The van der Waals surface area contributed by atoms with Gasteiger partial charge in [0.2, 0.25) is 6.10 Å². The largest absolute Gasteiger partial charge is 0.450 e. The van der Waals surface area contributed by atoms with Gasteiger partial charge in [-0.3, -0.25) is 14.5 Å². The summed E-state index contributed by atoms with van der Waals surface area (Å²) in [5.41, 5.74) is 0.588. The van der Waals surface area contributed by atoms with Gasteiger partial charge in [0.1, 0.15) is 24.4 Å². The van der Waals surface area contributed by atoms with Crippen LogP contribution in [0.5, 0.6) is 0 Å². The van der Waals surface area contributed by atoms with Gasteiger partial charge in [-0.1, -0.05) is 81.4 Å². The van der Waals surface area contributed by atoms with Crippen LogP contribution in [-0.2, 0) is 32.2 Å². The SMILES string of the molecule is CC(=O)O[C@@H]1C(=O)N([C@@H](c2nc(-c3cc(F)ccc3F)nn2Cc2ccccc2)C(C)(C)C)C[C@@H]2C1N(C(=O)OCc1ccccc1)C[C@@H]2F. The number of ether oxygens (including phenoxy) is 2. The molecule has 13 heteroatoms. The van der Waals surface area contributed by atoms with Gasteiger partial charge in [-0.2, -0.15) is 5.10 Å². The lowest BCUT2D eigenvalue weighted by atomic mass is 9.81. The first kappa shape index (κ1) is 34.7. The van der Waals surface area contributed by atoms with Gasteiger partial charge < -0.3 is 14.4 Å². The number of aromatic nitrogens is 3. The molecule has 0 aliphatic carbocycles. The van der Waals surface area contributed by atoms with Gasteiger partial charge in [-0.25, -0.2) is 27.6 Å². The summed E-state index contributed by atoms with van der Waals surface area (Å²) >= 11 is 0. The number of esters is 1. The number of hydrogen-bond donors (Lipinski definition) is 0. The average molecular weight is 690 g/mol. The molecule has 0 radical (unpaired) electrons. The Hall–Kier alpha value is -5.20. The molecule has 6 rings (SSSR count). The van der Waals surface area contributed by atoms with Crippen LogP contribution in [-0.4, -0.2) is 73.9 Å². The molecule has 3 heterocycles. The number of amides is 2. The second-order valence-electron chi connectivity index (χ2n) is 13.7. The van der Waals surface area contributed by atoms with Crippen molar-refractivity contribution in [3.63, 3.8) is 0 Å². The Morgan fingerprint density at radius 3 is 2.26 bits per heavy atom. The van der Waals surface area contributed by atoms with E-state index in [4.69, 9.17) is 14.5 Å². The molecule has 262 valence electrons. The summed E-state index contributed by atoms with van der Waals surface area (Å²) in [6.45, 7) is 6.29. The Balaban J connectivity index is 1.40. The number of fused-ring (bicyclic) bond motifs is 1. The molecule has 3 aromatic carbocycles. The highest BCUT2D eigenvalue weighted by molar-refractivity contribution is 5.87. The summed E-state index contributed by atoms with van der Waals surface area (Å²) < 4.78 is 58.0. The molecule has 0 bridgehead atoms. The molecule has 4 aromatic rings. The molecule has 2 amide bonds. The maximum atomic E-state index is 16.0. The number of piperidine rings is 1. The van der Waals surface area contributed by atoms with E-state index in [2.05, 4.69) is 5.10 Å². The molecule has 2 saturated heterocycles. The van der Waals surface area contributed by atoms with Crippen LogP contribution in [0.4, 0.5) is 18.0 Å². The maximum Gasteiger partial charge on any atom is 0.410 e. The quantitative estimate of drug-likeness (QED) is 0.206. The number of likely N-dealkylation sites (tertiary alicyclic amines) is 2. The zero-order chi connectivity index (χ0) is 35.7. The fourth-order valence-electron chi connectivity index (χ4n) is 6.86. The number of carbonyl (C=O) groups is 3. The number of alkyl halides is 1. The molecular weight excluding hydrogens is 651 g/mol. The minimum atomic E-state index is -1.59. The van der Waals surface area contributed by atoms with E-state index >= 15 is 8.78 Å². The molecular formula is C37H38F3N5O5. The second-order valence-corrected chi connectivity index (χ2v) is 13.7. The van der Waals surface area contributed by atoms with E-state index in [1.54, 1.807) is 24.3 Å². The minimum Gasteiger partial charge on any atom is -0.450 e. The van der Waals surface area contributed by atoms with E-state index in [1.165, 1.54) is 9.58 Å². The lowest BCUT2D eigenvalue weighted by Crippen LogP contribution is -2.63. The van der Waals surface area contributed by atoms with E-state index in [-0.39, 0.29) is 43.5 Å². The fourth-order valence-corrected chi connectivity index (χ4v) is 6.86. The Morgan fingerprint density at radius 1 is 0.960 bits per heavy atom. The van der Waals surface area contributed by atoms with Gasteiger partial charge in [0.15, 0.2) is 11.6 Å². The molecule has 1 unspecified atom stereocenters. The third-order valence-corrected chi connectivity index (χ3v) is 9.03. The Morgan fingerprint density at radius 2 is 1.62 bits per heavy atom. The van der Waals surface area contributed by atoms with Crippen molar-refractivity contribution in [3.8, 4) is 11.4 Å². The van der Waals surface area contributed by atoms with Crippen molar-refractivity contribution in [2.24, 2.45) is 11.3 Å². The number of carbonyl (C=O) groups excluding carboxylic acids is 3. The van der Waals surface area contributed by atoms with Crippen molar-refractivity contribution in [2.75, 3.05) is 13.1 Å². The highest BCUT2D eigenvalue weighted by Gasteiger charge is 2.59. The van der Waals surface area contributed by atoms with Crippen LogP contribution < -0.4 is 0 Å². The maximum absolute atomic E-state index is 16.0. The minimum absolute atomic E-state index is 0.0692. The third kappa shape index (κ3) is 7.08. The van der Waals surface area contributed by atoms with E-state index in [0.717, 1.165) is 41.1 Å². The van der Waals surface area contributed by atoms with Crippen LogP contribution in [0.25, 0.3) is 11.4 Å². The van der Waals surface area contributed by atoms with Crippen molar-refractivity contribution in [2.45, 2.75) is 65.2 Å². The first-order chi connectivity index (χ1) is 23.8. The van der Waals surface area contributed by atoms with Crippen molar-refractivity contribution in [1.29, 1.82) is 0 Å². The lowest BCUT2D eigenvalue weighted by Gasteiger charge is -2.47. The number of nitrogens with zero attached hydrogens (tertiary/aromatic N) is 5. The molecule has 50 heavy (non-hydrogen) atoms. The molecule has 5 atom stereocenters. The number of rotatable bonds is 8. The molecule has 2 aliphatic rings. The van der Waals surface area contributed by atoms with Crippen LogP contribution in [0, 0.1) is 23.0 Å².